The maximum absolute atomic E-state index is 13.3. The molecule has 0 radical (unpaired) electrons. The maximum atomic E-state index is 13.3. The third-order valence-corrected chi connectivity index (χ3v) is 6.79. The zero-order chi connectivity index (χ0) is 21.3. The molecule has 1 aliphatic heterocycles. The summed E-state index contributed by atoms with van der Waals surface area (Å²) in [5.41, 5.74) is 0.813. The van der Waals surface area contributed by atoms with Crippen molar-refractivity contribution in [2.45, 2.75) is 52.0 Å². The van der Waals surface area contributed by atoms with E-state index in [2.05, 4.69) is 5.32 Å². The molecule has 4 rings (SSSR count). The van der Waals surface area contributed by atoms with Crippen LogP contribution in [0.1, 0.15) is 51.5 Å². The van der Waals surface area contributed by atoms with Crippen LogP contribution in [0, 0.1) is 5.92 Å². The number of nitrogens with one attached hydrogen (secondary N) is 1. The van der Waals surface area contributed by atoms with Crippen LogP contribution in [0.2, 0.25) is 0 Å². The molecule has 3 heterocycles. The molecule has 2 aromatic rings. The van der Waals surface area contributed by atoms with Gasteiger partial charge in [-0.15, -0.1) is 0 Å². The number of hydrogen-bond donors (Lipinski definition) is 1. The van der Waals surface area contributed by atoms with Gasteiger partial charge in [-0.25, -0.2) is 4.98 Å². The number of pyridine rings is 1. The average Bonchev–Trinajstić information content (AvgIpc) is 2.98. The summed E-state index contributed by atoms with van der Waals surface area (Å²) in [6, 6.07) is 5.78. The molecule has 0 bridgehead atoms. The predicted molar refractivity (Wildman–Crippen MR) is 127 cm³/mol. The van der Waals surface area contributed by atoms with Crippen LogP contribution in [0.15, 0.2) is 34.1 Å². The van der Waals surface area contributed by atoms with E-state index >= 15 is 0 Å². The van der Waals surface area contributed by atoms with Crippen LogP contribution in [0.3, 0.4) is 0 Å². The van der Waals surface area contributed by atoms with Crippen molar-refractivity contribution < 1.29 is 4.79 Å². The van der Waals surface area contributed by atoms with Gasteiger partial charge in [-0.3, -0.25) is 18.9 Å². The number of thioether (sulfide) groups is 1. The number of hydrogen-bond acceptors (Lipinski definition) is 6. The lowest BCUT2D eigenvalue weighted by atomic mass is 9.95. The van der Waals surface area contributed by atoms with E-state index in [0.717, 1.165) is 12.8 Å². The summed E-state index contributed by atoms with van der Waals surface area (Å²) in [5.74, 6) is 0.718. The second-order valence-electron chi connectivity index (χ2n) is 8.27. The first-order valence-corrected chi connectivity index (χ1v) is 11.7. The molecule has 2 aliphatic rings. The minimum Gasteiger partial charge on any atom is -0.367 e. The number of anilines is 1. The molecule has 2 fully saturated rings. The van der Waals surface area contributed by atoms with E-state index in [1.54, 1.807) is 23.2 Å². The van der Waals surface area contributed by atoms with Gasteiger partial charge >= 0.3 is 0 Å². The quantitative estimate of drug-likeness (QED) is 0.550. The molecule has 30 heavy (non-hydrogen) atoms. The van der Waals surface area contributed by atoms with E-state index < -0.39 is 0 Å². The van der Waals surface area contributed by atoms with Crippen LogP contribution in [0.25, 0.3) is 11.7 Å². The van der Waals surface area contributed by atoms with Crippen LogP contribution < -0.4 is 10.9 Å². The summed E-state index contributed by atoms with van der Waals surface area (Å²) >= 11 is 6.67. The number of carbonyl (C=O) groups excluding carboxylic acids is 1. The first kappa shape index (κ1) is 21.1. The predicted octanol–water partition coefficient (Wildman–Crippen LogP) is 4.30. The lowest BCUT2D eigenvalue weighted by Gasteiger charge is -2.24. The molecule has 0 aromatic carbocycles. The normalized spacial score (nSPS) is 19.4. The van der Waals surface area contributed by atoms with Gasteiger partial charge in [0.2, 0.25) is 0 Å². The van der Waals surface area contributed by atoms with E-state index in [1.807, 2.05) is 26.0 Å². The fourth-order valence-corrected chi connectivity index (χ4v) is 5.19. The SMILES string of the molecule is CC(C)CN1C(=O)C(=Cc2c(NC3CCCCC3)nc3ccccn3c2=O)SC1=S. The number of fused-ring (bicyclic) bond motifs is 1. The molecule has 8 heteroatoms. The molecule has 0 atom stereocenters. The van der Waals surface area contributed by atoms with Crippen molar-refractivity contribution >= 4 is 51.7 Å². The Bertz CT molecular complexity index is 1070. The highest BCUT2D eigenvalue weighted by molar-refractivity contribution is 8.26. The number of rotatable bonds is 5. The molecular formula is C22H26N4O2S2. The lowest BCUT2D eigenvalue weighted by molar-refractivity contribution is -0.122. The molecule has 158 valence electrons. The zero-order valence-corrected chi connectivity index (χ0v) is 18.9. The molecule has 1 saturated heterocycles. The Kier molecular flexibility index (Phi) is 6.24. The van der Waals surface area contributed by atoms with E-state index in [0.29, 0.717) is 44.8 Å². The molecule has 1 saturated carbocycles. The van der Waals surface area contributed by atoms with Gasteiger partial charge < -0.3 is 5.32 Å². The molecule has 1 N–H and O–H groups in total. The number of thiocarbonyl (C=S) groups is 1. The summed E-state index contributed by atoms with van der Waals surface area (Å²) in [6.07, 6.45) is 9.09. The standard InChI is InChI=1S/C22H26N4O2S2/c1-14(2)13-26-21(28)17(30-22(26)29)12-16-19(23-15-8-4-3-5-9-15)24-18-10-6-7-11-25(18)20(16)27/h6-7,10-12,14-15,23H,3-5,8-9,13H2,1-2H3. The Hall–Kier alpha value is -2.19. The third kappa shape index (κ3) is 4.30. The van der Waals surface area contributed by atoms with Crippen LogP contribution >= 0.6 is 24.0 Å². The average molecular weight is 443 g/mol. The monoisotopic (exact) mass is 442 g/mol. The molecule has 1 aliphatic carbocycles. The third-order valence-electron chi connectivity index (χ3n) is 5.41. The van der Waals surface area contributed by atoms with E-state index in [4.69, 9.17) is 17.2 Å². The Balaban J connectivity index is 1.76. The van der Waals surface area contributed by atoms with E-state index in [9.17, 15) is 9.59 Å². The Morgan fingerprint density at radius 1 is 1.27 bits per heavy atom. The van der Waals surface area contributed by atoms with Crippen molar-refractivity contribution in [3.63, 3.8) is 0 Å². The Morgan fingerprint density at radius 3 is 2.77 bits per heavy atom. The Morgan fingerprint density at radius 2 is 2.03 bits per heavy atom. The van der Waals surface area contributed by atoms with Gasteiger partial charge in [0.15, 0.2) is 0 Å². The van der Waals surface area contributed by atoms with E-state index in [1.165, 1.54) is 35.4 Å². The zero-order valence-electron chi connectivity index (χ0n) is 17.3. The highest BCUT2D eigenvalue weighted by Gasteiger charge is 2.33. The van der Waals surface area contributed by atoms with Gasteiger partial charge in [-0.1, -0.05) is 63.2 Å². The molecule has 6 nitrogen and oxygen atoms in total. The molecule has 2 aromatic heterocycles. The van der Waals surface area contributed by atoms with E-state index in [-0.39, 0.29) is 11.5 Å². The summed E-state index contributed by atoms with van der Waals surface area (Å²) in [4.78, 5) is 33.0. The highest BCUT2D eigenvalue weighted by atomic mass is 32.2. The summed E-state index contributed by atoms with van der Waals surface area (Å²) in [5, 5.41) is 3.49. The van der Waals surface area contributed by atoms with Crippen LogP contribution in [-0.4, -0.2) is 37.1 Å². The van der Waals surface area contributed by atoms with Crippen LogP contribution in [0.4, 0.5) is 5.82 Å². The van der Waals surface area contributed by atoms with Gasteiger partial charge in [0, 0.05) is 18.8 Å². The topological polar surface area (TPSA) is 66.7 Å². The van der Waals surface area contributed by atoms with Crippen molar-refractivity contribution in [2.75, 3.05) is 11.9 Å². The smallest absolute Gasteiger partial charge is 0.267 e. The number of carbonyl (C=O) groups is 1. The minimum absolute atomic E-state index is 0.139. The molecular weight excluding hydrogens is 416 g/mol. The summed E-state index contributed by atoms with van der Waals surface area (Å²) < 4.78 is 2.06. The van der Waals surface area contributed by atoms with Gasteiger partial charge in [0.05, 0.1) is 10.5 Å². The highest BCUT2D eigenvalue weighted by Crippen LogP contribution is 2.34. The minimum atomic E-state index is -0.187. The molecule has 0 unspecified atom stereocenters. The van der Waals surface area contributed by atoms with Gasteiger partial charge in [-0.05, 0) is 37.0 Å². The fraction of sp³-hybridized carbons (Fsp3) is 0.455. The second kappa shape index (κ2) is 8.89. The van der Waals surface area contributed by atoms with Crippen molar-refractivity contribution in [3.8, 4) is 0 Å². The number of amides is 1. The van der Waals surface area contributed by atoms with Crippen LogP contribution in [0.5, 0.6) is 0 Å². The summed E-state index contributed by atoms with van der Waals surface area (Å²) in [6.45, 7) is 4.67. The van der Waals surface area contributed by atoms with Gasteiger partial charge in [-0.2, -0.15) is 0 Å². The lowest BCUT2D eigenvalue weighted by Crippen LogP contribution is -2.31. The fourth-order valence-electron chi connectivity index (χ4n) is 3.94. The number of aromatic nitrogens is 2. The number of nitrogens with zero attached hydrogens (tertiary/aromatic N) is 3. The first-order chi connectivity index (χ1) is 14.4. The summed E-state index contributed by atoms with van der Waals surface area (Å²) in [7, 11) is 0. The van der Waals surface area contributed by atoms with Crippen molar-refractivity contribution in [1.29, 1.82) is 0 Å². The maximum Gasteiger partial charge on any atom is 0.267 e. The largest absolute Gasteiger partial charge is 0.367 e. The van der Waals surface area contributed by atoms with Gasteiger partial charge in [0.25, 0.3) is 11.5 Å². The van der Waals surface area contributed by atoms with Crippen molar-refractivity contribution in [2.24, 2.45) is 5.92 Å². The first-order valence-electron chi connectivity index (χ1n) is 10.5. The Labute approximate surface area is 185 Å². The van der Waals surface area contributed by atoms with Crippen LogP contribution in [-0.2, 0) is 4.79 Å². The molecule has 0 spiro atoms. The van der Waals surface area contributed by atoms with Gasteiger partial charge in [0.1, 0.15) is 15.8 Å². The van der Waals surface area contributed by atoms with Crippen molar-refractivity contribution in [3.05, 3.63) is 45.2 Å². The molecule has 1 amide bonds. The second-order valence-corrected chi connectivity index (χ2v) is 9.95. The van der Waals surface area contributed by atoms with Crippen molar-refractivity contribution in [1.82, 2.24) is 14.3 Å².